The molecular weight excluding hydrogens is 473 g/mol. The lowest BCUT2D eigenvalue weighted by Crippen LogP contribution is -2.23. The number of carbonyl (C=O) groups excluding carboxylic acids is 1. The Hall–Kier alpha value is -4.23. The topological polar surface area (TPSA) is 64.0 Å². The van der Waals surface area contributed by atoms with E-state index in [-0.39, 0.29) is 28.1 Å². The van der Waals surface area contributed by atoms with Crippen LogP contribution in [-0.2, 0) is 11.2 Å². The first-order valence-electron chi connectivity index (χ1n) is 11.4. The summed E-state index contributed by atoms with van der Waals surface area (Å²) in [5, 5.41) is 3.60. The Morgan fingerprint density at radius 1 is 0.861 bits per heavy atom. The van der Waals surface area contributed by atoms with Gasteiger partial charge in [-0.05, 0) is 47.9 Å². The first-order chi connectivity index (χ1) is 17.6. The van der Waals surface area contributed by atoms with Crippen molar-refractivity contribution >= 4 is 34.3 Å². The maximum atomic E-state index is 14.7. The van der Waals surface area contributed by atoms with Crippen LogP contribution in [0.3, 0.4) is 0 Å². The molecule has 0 spiro atoms. The fourth-order valence-corrected chi connectivity index (χ4v) is 4.79. The highest BCUT2D eigenvalue weighted by atomic mass is 32.2. The first kappa shape index (κ1) is 23.5. The Morgan fingerprint density at radius 3 is 2.39 bits per heavy atom. The lowest BCUT2D eigenvalue weighted by Gasteiger charge is -2.14. The van der Waals surface area contributed by atoms with Crippen LogP contribution in [0, 0.1) is 5.82 Å². The number of amides is 1. The third-order valence-corrected chi connectivity index (χ3v) is 6.64. The van der Waals surface area contributed by atoms with E-state index in [1.165, 1.54) is 16.7 Å². The van der Waals surface area contributed by atoms with Crippen molar-refractivity contribution in [3.8, 4) is 5.69 Å². The van der Waals surface area contributed by atoms with Gasteiger partial charge in [0.25, 0.3) is 5.56 Å². The number of thioether (sulfide) groups is 1. The number of hydrogen-bond donors (Lipinski definition) is 1. The normalized spacial score (nSPS) is 10.9. The quantitative estimate of drug-likeness (QED) is 0.227. The third-order valence-electron chi connectivity index (χ3n) is 5.70. The molecule has 1 N–H and O–H groups in total. The molecule has 1 heterocycles. The van der Waals surface area contributed by atoms with Gasteiger partial charge in [0, 0.05) is 5.69 Å². The average Bonchev–Trinajstić information content (AvgIpc) is 2.90. The molecule has 178 valence electrons. The molecule has 4 aromatic carbocycles. The van der Waals surface area contributed by atoms with Gasteiger partial charge in [0.1, 0.15) is 5.82 Å². The smallest absolute Gasteiger partial charge is 0.266 e. The molecule has 0 radical (unpaired) electrons. The van der Waals surface area contributed by atoms with Crippen molar-refractivity contribution in [1.82, 2.24) is 9.55 Å². The number of para-hydroxylation sites is 3. The summed E-state index contributed by atoms with van der Waals surface area (Å²) >= 11 is 1.09. The molecule has 0 atom stereocenters. The minimum absolute atomic E-state index is 0.00109. The van der Waals surface area contributed by atoms with Gasteiger partial charge in [0.05, 0.1) is 22.3 Å². The van der Waals surface area contributed by atoms with Crippen molar-refractivity contribution in [1.29, 1.82) is 0 Å². The van der Waals surface area contributed by atoms with Crippen LogP contribution in [0.5, 0.6) is 0 Å². The largest absolute Gasteiger partial charge is 0.325 e. The van der Waals surface area contributed by atoms with Crippen LogP contribution in [0.1, 0.15) is 11.1 Å². The molecule has 0 bridgehead atoms. The van der Waals surface area contributed by atoms with E-state index in [1.807, 2.05) is 54.6 Å². The fourth-order valence-electron chi connectivity index (χ4n) is 3.98. The average molecular weight is 496 g/mol. The minimum atomic E-state index is -0.544. The predicted molar refractivity (Wildman–Crippen MR) is 142 cm³/mol. The molecule has 0 saturated carbocycles. The summed E-state index contributed by atoms with van der Waals surface area (Å²) in [6.07, 6.45) is 0.684. The van der Waals surface area contributed by atoms with Crippen molar-refractivity contribution in [2.45, 2.75) is 11.6 Å². The maximum Gasteiger partial charge on any atom is 0.266 e. The molecule has 0 fully saturated rings. The second-order valence-corrected chi connectivity index (χ2v) is 9.10. The molecule has 1 aromatic heterocycles. The zero-order chi connectivity index (χ0) is 24.9. The number of aromatic nitrogens is 2. The number of nitrogens with one attached hydrogen (secondary N) is 1. The highest BCUT2D eigenvalue weighted by Gasteiger charge is 2.17. The van der Waals surface area contributed by atoms with E-state index in [0.717, 1.165) is 28.6 Å². The summed E-state index contributed by atoms with van der Waals surface area (Å²) < 4.78 is 15.9. The SMILES string of the molecule is O=C(CSc1nc2ccccc2c(=O)n1-c1ccccc1F)Nc1ccccc1Cc1ccccc1. The number of halogens is 1. The van der Waals surface area contributed by atoms with E-state index in [0.29, 0.717) is 17.3 Å². The van der Waals surface area contributed by atoms with E-state index in [2.05, 4.69) is 10.3 Å². The van der Waals surface area contributed by atoms with Gasteiger partial charge in [0.2, 0.25) is 5.91 Å². The summed E-state index contributed by atoms with van der Waals surface area (Å²) in [4.78, 5) is 30.8. The van der Waals surface area contributed by atoms with Crippen LogP contribution >= 0.6 is 11.8 Å². The highest BCUT2D eigenvalue weighted by Crippen LogP contribution is 2.24. The van der Waals surface area contributed by atoms with Crippen LogP contribution in [0.25, 0.3) is 16.6 Å². The highest BCUT2D eigenvalue weighted by molar-refractivity contribution is 7.99. The van der Waals surface area contributed by atoms with Crippen LogP contribution < -0.4 is 10.9 Å². The van der Waals surface area contributed by atoms with E-state index < -0.39 is 5.82 Å². The molecule has 5 aromatic rings. The lowest BCUT2D eigenvalue weighted by molar-refractivity contribution is -0.113. The molecule has 36 heavy (non-hydrogen) atoms. The molecular formula is C29H22FN3O2S. The van der Waals surface area contributed by atoms with Crippen LogP contribution in [0.15, 0.2) is 113 Å². The molecule has 0 saturated heterocycles. The number of rotatable bonds is 7. The van der Waals surface area contributed by atoms with Gasteiger partial charge in [-0.25, -0.2) is 9.37 Å². The molecule has 5 rings (SSSR count). The van der Waals surface area contributed by atoms with Crippen molar-refractivity contribution in [3.05, 3.63) is 130 Å². The fraction of sp³-hybridized carbons (Fsp3) is 0.0690. The molecule has 0 unspecified atom stereocenters. The number of nitrogens with zero attached hydrogens (tertiary/aromatic N) is 2. The van der Waals surface area contributed by atoms with Gasteiger partial charge >= 0.3 is 0 Å². The summed E-state index contributed by atoms with van der Waals surface area (Å²) in [7, 11) is 0. The molecule has 0 aliphatic heterocycles. The number of carbonyl (C=O) groups is 1. The van der Waals surface area contributed by atoms with E-state index in [1.54, 1.807) is 36.4 Å². The predicted octanol–water partition coefficient (Wildman–Crippen LogP) is 5.85. The van der Waals surface area contributed by atoms with Gasteiger partial charge in [-0.2, -0.15) is 0 Å². The van der Waals surface area contributed by atoms with Gasteiger partial charge in [-0.1, -0.05) is 84.6 Å². The Morgan fingerprint density at radius 2 is 1.56 bits per heavy atom. The molecule has 1 amide bonds. The van der Waals surface area contributed by atoms with Crippen LogP contribution in [0.4, 0.5) is 10.1 Å². The third kappa shape index (κ3) is 5.06. The Labute approximate surface area is 211 Å². The standard InChI is InChI=1S/C29H22FN3O2S/c30-23-14-6-9-17-26(23)33-28(35)22-13-5-8-16-25(22)32-29(33)36-19-27(34)31-24-15-7-4-12-21(24)18-20-10-2-1-3-11-20/h1-17H,18-19H2,(H,31,34). The Kier molecular flexibility index (Phi) is 6.91. The molecule has 0 aliphatic carbocycles. The van der Waals surface area contributed by atoms with E-state index in [4.69, 9.17) is 0 Å². The zero-order valence-electron chi connectivity index (χ0n) is 19.2. The molecule has 5 nitrogen and oxygen atoms in total. The number of benzene rings is 4. The van der Waals surface area contributed by atoms with Gasteiger partial charge in [-0.15, -0.1) is 0 Å². The molecule has 7 heteroatoms. The lowest BCUT2D eigenvalue weighted by atomic mass is 10.0. The second kappa shape index (κ2) is 10.6. The number of hydrogen-bond acceptors (Lipinski definition) is 4. The van der Waals surface area contributed by atoms with Gasteiger partial charge in [0.15, 0.2) is 5.16 Å². The maximum absolute atomic E-state index is 14.7. The van der Waals surface area contributed by atoms with Gasteiger partial charge in [-0.3, -0.25) is 14.2 Å². The van der Waals surface area contributed by atoms with Crippen molar-refractivity contribution in [2.75, 3.05) is 11.1 Å². The van der Waals surface area contributed by atoms with E-state index in [9.17, 15) is 14.0 Å². The van der Waals surface area contributed by atoms with Crippen molar-refractivity contribution in [3.63, 3.8) is 0 Å². The summed E-state index contributed by atoms with van der Waals surface area (Å²) in [5.41, 5.74) is 3.06. The zero-order valence-corrected chi connectivity index (χ0v) is 20.0. The number of fused-ring (bicyclic) bond motifs is 1. The summed E-state index contributed by atoms with van der Waals surface area (Å²) in [6, 6.07) is 30.6. The van der Waals surface area contributed by atoms with Crippen molar-refractivity contribution < 1.29 is 9.18 Å². The summed E-state index contributed by atoms with van der Waals surface area (Å²) in [6.45, 7) is 0. The monoisotopic (exact) mass is 495 g/mol. The Bertz CT molecular complexity index is 1600. The minimum Gasteiger partial charge on any atom is -0.325 e. The van der Waals surface area contributed by atoms with E-state index >= 15 is 0 Å². The van der Waals surface area contributed by atoms with Crippen LogP contribution in [-0.4, -0.2) is 21.2 Å². The summed E-state index contributed by atoms with van der Waals surface area (Å²) in [5.74, 6) is -0.792. The van der Waals surface area contributed by atoms with Crippen molar-refractivity contribution in [2.24, 2.45) is 0 Å². The second-order valence-electron chi connectivity index (χ2n) is 8.16. The van der Waals surface area contributed by atoms with Gasteiger partial charge < -0.3 is 5.32 Å². The Balaban J connectivity index is 1.41. The van der Waals surface area contributed by atoms with Crippen LogP contribution in [0.2, 0.25) is 0 Å². The molecule has 0 aliphatic rings. The number of anilines is 1. The first-order valence-corrected chi connectivity index (χ1v) is 12.4.